The SMILES string of the molecule is COCC(C)NC(=O)C(CN)Cc1ccccc1. The summed E-state index contributed by atoms with van der Waals surface area (Å²) in [5, 5.41) is 2.91. The molecule has 0 heterocycles. The zero-order valence-corrected chi connectivity index (χ0v) is 11.1. The zero-order valence-electron chi connectivity index (χ0n) is 11.1. The van der Waals surface area contributed by atoms with Crippen LogP contribution in [0.4, 0.5) is 0 Å². The van der Waals surface area contributed by atoms with Crippen molar-refractivity contribution in [1.82, 2.24) is 5.32 Å². The minimum atomic E-state index is -0.188. The van der Waals surface area contributed by atoms with Crippen molar-refractivity contribution in [3.05, 3.63) is 35.9 Å². The van der Waals surface area contributed by atoms with Crippen molar-refractivity contribution >= 4 is 5.91 Å². The number of carbonyl (C=O) groups is 1. The van der Waals surface area contributed by atoms with Crippen LogP contribution in [0.15, 0.2) is 30.3 Å². The van der Waals surface area contributed by atoms with E-state index in [1.165, 1.54) is 0 Å². The van der Waals surface area contributed by atoms with Crippen molar-refractivity contribution in [2.75, 3.05) is 20.3 Å². The zero-order chi connectivity index (χ0) is 13.4. The van der Waals surface area contributed by atoms with E-state index in [0.717, 1.165) is 5.56 Å². The summed E-state index contributed by atoms with van der Waals surface area (Å²) in [5.74, 6) is -0.197. The number of benzene rings is 1. The molecule has 0 aromatic heterocycles. The molecule has 100 valence electrons. The Bertz CT molecular complexity index is 354. The van der Waals surface area contributed by atoms with Crippen LogP contribution in [0.25, 0.3) is 0 Å². The minimum absolute atomic E-state index is 0.00678. The Hall–Kier alpha value is -1.39. The third-order valence-electron chi connectivity index (χ3n) is 2.79. The normalized spacial score (nSPS) is 13.9. The quantitative estimate of drug-likeness (QED) is 0.757. The molecule has 0 saturated heterocycles. The lowest BCUT2D eigenvalue weighted by atomic mass is 9.98. The molecule has 1 aromatic carbocycles. The van der Waals surface area contributed by atoms with Gasteiger partial charge in [0.2, 0.25) is 5.91 Å². The van der Waals surface area contributed by atoms with E-state index in [0.29, 0.717) is 19.6 Å². The number of methoxy groups -OCH3 is 1. The Morgan fingerprint density at radius 3 is 2.61 bits per heavy atom. The van der Waals surface area contributed by atoms with Gasteiger partial charge in [0.1, 0.15) is 0 Å². The number of ether oxygens (including phenoxy) is 1. The fourth-order valence-corrected chi connectivity index (χ4v) is 1.83. The van der Waals surface area contributed by atoms with Gasteiger partial charge >= 0.3 is 0 Å². The standard InChI is InChI=1S/C14H22N2O2/c1-11(10-18-2)16-14(17)13(9-15)8-12-6-4-3-5-7-12/h3-7,11,13H,8-10,15H2,1-2H3,(H,16,17). The van der Waals surface area contributed by atoms with Gasteiger partial charge in [0.05, 0.1) is 12.5 Å². The first kappa shape index (κ1) is 14.7. The molecule has 2 unspecified atom stereocenters. The molecule has 2 atom stereocenters. The third-order valence-corrected chi connectivity index (χ3v) is 2.79. The average molecular weight is 250 g/mol. The number of amides is 1. The van der Waals surface area contributed by atoms with Crippen molar-refractivity contribution in [1.29, 1.82) is 0 Å². The van der Waals surface area contributed by atoms with E-state index < -0.39 is 0 Å². The van der Waals surface area contributed by atoms with Crippen molar-refractivity contribution in [2.24, 2.45) is 11.7 Å². The second-order valence-electron chi connectivity index (χ2n) is 4.49. The van der Waals surface area contributed by atoms with Gasteiger partial charge in [-0.15, -0.1) is 0 Å². The van der Waals surface area contributed by atoms with Gasteiger partial charge in [0, 0.05) is 19.7 Å². The van der Waals surface area contributed by atoms with Crippen LogP contribution < -0.4 is 11.1 Å². The summed E-state index contributed by atoms with van der Waals surface area (Å²) in [6.07, 6.45) is 0.670. The van der Waals surface area contributed by atoms with Gasteiger partial charge in [-0.2, -0.15) is 0 Å². The fraction of sp³-hybridized carbons (Fsp3) is 0.500. The van der Waals surface area contributed by atoms with Crippen LogP contribution in [0.2, 0.25) is 0 Å². The maximum Gasteiger partial charge on any atom is 0.225 e. The number of nitrogens with one attached hydrogen (secondary N) is 1. The van der Waals surface area contributed by atoms with Crippen LogP contribution in [0.3, 0.4) is 0 Å². The van der Waals surface area contributed by atoms with Gasteiger partial charge in [-0.3, -0.25) is 4.79 Å². The number of rotatable bonds is 7. The summed E-state index contributed by atoms with van der Waals surface area (Å²) < 4.78 is 4.99. The topological polar surface area (TPSA) is 64.3 Å². The highest BCUT2D eigenvalue weighted by molar-refractivity contribution is 5.79. The van der Waals surface area contributed by atoms with Crippen molar-refractivity contribution in [2.45, 2.75) is 19.4 Å². The first-order valence-corrected chi connectivity index (χ1v) is 6.20. The molecule has 4 heteroatoms. The summed E-state index contributed by atoms with van der Waals surface area (Å²) in [6.45, 7) is 2.77. The monoisotopic (exact) mass is 250 g/mol. The van der Waals surface area contributed by atoms with Crippen molar-refractivity contribution in [3.8, 4) is 0 Å². The summed E-state index contributed by atoms with van der Waals surface area (Å²) in [4.78, 5) is 12.0. The molecule has 4 nitrogen and oxygen atoms in total. The number of hydrogen-bond acceptors (Lipinski definition) is 3. The fourth-order valence-electron chi connectivity index (χ4n) is 1.83. The average Bonchev–Trinajstić information content (AvgIpc) is 2.37. The van der Waals surface area contributed by atoms with E-state index in [2.05, 4.69) is 5.32 Å². The van der Waals surface area contributed by atoms with Crippen LogP contribution in [0.1, 0.15) is 12.5 Å². The van der Waals surface area contributed by atoms with Gasteiger partial charge in [-0.1, -0.05) is 30.3 Å². The molecule has 1 rings (SSSR count). The maximum absolute atomic E-state index is 12.0. The Labute approximate surface area is 109 Å². The maximum atomic E-state index is 12.0. The molecule has 0 aliphatic carbocycles. The van der Waals surface area contributed by atoms with E-state index in [1.54, 1.807) is 7.11 Å². The van der Waals surface area contributed by atoms with Crippen LogP contribution in [0.5, 0.6) is 0 Å². The third kappa shape index (κ3) is 4.85. The van der Waals surface area contributed by atoms with Gasteiger partial charge < -0.3 is 15.8 Å². The predicted octanol–water partition coefficient (Wildman–Crippen LogP) is 0.955. The van der Waals surface area contributed by atoms with E-state index in [9.17, 15) is 4.79 Å². The highest BCUT2D eigenvalue weighted by atomic mass is 16.5. The van der Waals surface area contributed by atoms with Gasteiger partial charge in [-0.05, 0) is 18.9 Å². The highest BCUT2D eigenvalue weighted by Gasteiger charge is 2.18. The van der Waals surface area contributed by atoms with Gasteiger partial charge in [0.15, 0.2) is 0 Å². The molecule has 3 N–H and O–H groups in total. The molecule has 0 saturated carbocycles. The van der Waals surface area contributed by atoms with Crippen LogP contribution >= 0.6 is 0 Å². The smallest absolute Gasteiger partial charge is 0.225 e. The van der Waals surface area contributed by atoms with E-state index in [-0.39, 0.29) is 17.9 Å². The van der Waals surface area contributed by atoms with Gasteiger partial charge in [0.25, 0.3) is 0 Å². The summed E-state index contributed by atoms with van der Waals surface area (Å²) in [7, 11) is 1.62. The molecule has 0 aliphatic heterocycles. The first-order chi connectivity index (χ1) is 8.67. The number of carbonyl (C=O) groups excluding carboxylic acids is 1. The lowest BCUT2D eigenvalue weighted by Crippen LogP contribution is -2.42. The first-order valence-electron chi connectivity index (χ1n) is 6.20. The summed E-state index contributed by atoms with van der Waals surface area (Å²) >= 11 is 0. The second kappa shape index (κ2) is 7.84. The molecule has 0 radical (unpaired) electrons. The van der Waals surface area contributed by atoms with Crippen LogP contribution in [-0.2, 0) is 16.0 Å². The Kier molecular flexibility index (Phi) is 6.39. The van der Waals surface area contributed by atoms with Gasteiger partial charge in [-0.25, -0.2) is 0 Å². The Morgan fingerprint density at radius 2 is 2.06 bits per heavy atom. The summed E-state index contributed by atoms with van der Waals surface area (Å²) in [5.41, 5.74) is 6.81. The van der Waals surface area contributed by atoms with Crippen molar-refractivity contribution in [3.63, 3.8) is 0 Å². The molecular weight excluding hydrogens is 228 g/mol. The Morgan fingerprint density at radius 1 is 1.39 bits per heavy atom. The lowest BCUT2D eigenvalue weighted by molar-refractivity contribution is -0.125. The van der Waals surface area contributed by atoms with Crippen LogP contribution in [0, 0.1) is 5.92 Å². The lowest BCUT2D eigenvalue weighted by Gasteiger charge is -2.18. The highest BCUT2D eigenvalue weighted by Crippen LogP contribution is 2.08. The van der Waals surface area contributed by atoms with Crippen molar-refractivity contribution < 1.29 is 9.53 Å². The van der Waals surface area contributed by atoms with E-state index >= 15 is 0 Å². The second-order valence-corrected chi connectivity index (χ2v) is 4.49. The molecule has 0 spiro atoms. The Balaban J connectivity index is 2.52. The molecule has 18 heavy (non-hydrogen) atoms. The minimum Gasteiger partial charge on any atom is -0.383 e. The molecule has 1 aromatic rings. The molecule has 0 bridgehead atoms. The molecule has 0 fully saturated rings. The number of nitrogens with two attached hydrogens (primary N) is 1. The predicted molar refractivity (Wildman–Crippen MR) is 72.2 cm³/mol. The number of hydrogen-bond donors (Lipinski definition) is 2. The van der Waals surface area contributed by atoms with Crippen LogP contribution in [-0.4, -0.2) is 32.2 Å². The molecular formula is C14H22N2O2. The summed E-state index contributed by atoms with van der Waals surface area (Å²) in [6, 6.07) is 9.92. The molecule has 0 aliphatic rings. The van der Waals surface area contributed by atoms with E-state index in [1.807, 2.05) is 37.3 Å². The van der Waals surface area contributed by atoms with E-state index in [4.69, 9.17) is 10.5 Å². The molecule has 1 amide bonds. The largest absolute Gasteiger partial charge is 0.383 e.